The zero-order valence-electron chi connectivity index (χ0n) is 17.7. The lowest BCUT2D eigenvalue weighted by atomic mass is 10.1. The highest BCUT2D eigenvalue weighted by Gasteiger charge is 2.19. The van der Waals surface area contributed by atoms with Gasteiger partial charge in [0.05, 0.1) is 4.90 Å². The fraction of sp³-hybridized carbons (Fsp3) is 0.0435. The highest BCUT2D eigenvalue weighted by Crippen LogP contribution is 2.37. The average Bonchev–Trinajstić information content (AvgIpc) is 3.25. The molecule has 3 N–H and O–H groups in total. The number of benzene rings is 3. The van der Waals surface area contributed by atoms with Crippen LogP contribution in [0.25, 0.3) is 34.0 Å². The third kappa shape index (κ3) is 5.49. The lowest BCUT2D eigenvalue weighted by Crippen LogP contribution is -2.16. The first-order valence-electron chi connectivity index (χ1n) is 9.76. The Labute approximate surface area is 211 Å². The van der Waals surface area contributed by atoms with Crippen LogP contribution in [0, 0.1) is 0 Å². The molecule has 34 heavy (non-hydrogen) atoms. The third-order valence-electron chi connectivity index (χ3n) is 4.76. The summed E-state index contributed by atoms with van der Waals surface area (Å²) < 4.78 is 29.7. The second-order valence-corrected chi connectivity index (χ2v) is 10.9. The number of thioether (sulfide) groups is 1. The van der Waals surface area contributed by atoms with Crippen LogP contribution >= 0.6 is 35.6 Å². The molecule has 0 aliphatic rings. The minimum absolute atomic E-state index is 0.00330. The van der Waals surface area contributed by atoms with Gasteiger partial charge in [-0.2, -0.15) is 0 Å². The Morgan fingerprint density at radius 1 is 1.00 bits per heavy atom. The molecule has 0 radical (unpaired) electrons. The van der Waals surface area contributed by atoms with E-state index in [2.05, 4.69) is 0 Å². The van der Waals surface area contributed by atoms with Gasteiger partial charge in [0.2, 0.25) is 15.9 Å². The van der Waals surface area contributed by atoms with Gasteiger partial charge < -0.3 is 4.42 Å². The van der Waals surface area contributed by atoms with E-state index >= 15 is 0 Å². The summed E-state index contributed by atoms with van der Waals surface area (Å²) in [4.78, 5) is 5.56. The number of rotatable bonds is 5. The molecule has 174 valence electrons. The lowest BCUT2D eigenvalue weighted by molar-refractivity contribution is 0.0205. The van der Waals surface area contributed by atoms with Crippen LogP contribution in [0.4, 0.5) is 0 Å². The molecule has 0 saturated carbocycles. The first-order valence-corrected chi connectivity index (χ1v) is 12.9. The molecule has 0 bridgehead atoms. The van der Waals surface area contributed by atoms with Crippen molar-refractivity contribution in [3.63, 3.8) is 0 Å². The highest BCUT2D eigenvalue weighted by molar-refractivity contribution is 8.22. The Balaban J connectivity index is 1.75. The summed E-state index contributed by atoms with van der Waals surface area (Å²) in [5.74, 6) is 0.855. The minimum Gasteiger partial charge on any atom is -0.435 e. The summed E-state index contributed by atoms with van der Waals surface area (Å²) in [6.07, 6.45) is 0. The zero-order chi connectivity index (χ0) is 24.5. The minimum atomic E-state index is -3.82. The van der Waals surface area contributed by atoms with Crippen molar-refractivity contribution in [3.05, 3.63) is 77.8 Å². The maximum atomic E-state index is 11.6. The van der Waals surface area contributed by atoms with Gasteiger partial charge in [0, 0.05) is 33.7 Å². The zero-order valence-corrected chi connectivity index (χ0v) is 20.9. The predicted molar refractivity (Wildman–Crippen MR) is 137 cm³/mol. The predicted octanol–water partition coefficient (Wildman–Crippen LogP) is 5.67. The van der Waals surface area contributed by atoms with Crippen LogP contribution in [-0.2, 0) is 10.0 Å². The van der Waals surface area contributed by atoms with Crippen molar-refractivity contribution >= 4 is 49.9 Å². The van der Waals surface area contributed by atoms with Crippen LogP contribution in [0.5, 0.6) is 0 Å². The molecule has 0 atom stereocenters. The van der Waals surface area contributed by atoms with Gasteiger partial charge in [0.15, 0.2) is 10.1 Å². The lowest BCUT2D eigenvalue weighted by Gasteiger charge is -2.10. The van der Waals surface area contributed by atoms with E-state index in [0.29, 0.717) is 32.3 Å². The van der Waals surface area contributed by atoms with E-state index in [1.54, 1.807) is 24.3 Å². The molecule has 0 aliphatic carbocycles. The monoisotopic (exact) mass is 531 g/mol. The summed E-state index contributed by atoms with van der Waals surface area (Å²) in [6, 6.07) is 20.6. The van der Waals surface area contributed by atoms with E-state index in [4.69, 9.17) is 38.4 Å². The van der Waals surface area contributed by atoms with Crippen molar-refractivity contribution in [2.24, 2.45) is 5.14 Å². The quantitative estimate of drug-likeness (QED) is 0.192. The van der Waals surface area contributed by atoms with Crippen LogP contribution in [0.1, 0.15) is 0 Å². The molecule has 0 unspecified atom stereocenters. The normalized spacial score (nSPS) is 11.4. The molecule has 7 nitrogen and oxygen atoms in total. The van der Waals surface area contributed by atoms with Crippen molar-refractivity contribution < 1.29 is 18.0 Å². The number of nitrogens with two attached hydrogens (primary N) is 1. The van der Waals surface area contributed by atoms with Crippen LogP contribution in [0.15, 0.2) is 87.0 Å². The number of sulfonamides is 1. The Morgan fingerprint density at radius 2 is 1.56 bits per heavy atom. The molecule has 4 rings (SSSR count). The van der Waals surface area contributed by atoms with Gasteiger partial charge in [-0.3, -0.25) is 5.21 Å². The topological polar surface area (TPSA) is 110 Å². The molecule has 1 heterocycles. The highest BCUT2D eigenvalue weighted by atomic mass is 35.5. The van der Waals surface area contributed by atoms with E-state index in [1.807, 2.05) is 36.4 Å². The van der Waals surface area contributed by atoms with E-state index in [0.717, 1.165) is 21.1 Å². The molecule has 4 aromatic rings. The fourth-order valence-electron chi connectivity index (χ4n) is 3.07. The van der Waals surface area contributed by atoms with Crippen molar-refractivity contribution in [2.75, 3.05) is 7.05 Å². The fourth-order valence-corrected chi connectivity index (χ4v) is 4.61. The summed E-state index contributed by atoms with van der Waals surface area (Å²) in [5.41, 5.74) is 2.74. The van der Waals surface area contributed by atoms with Crippen LogP contribution in [0.2, 0.25) is 5.02 Å². The Morgan fingerprint density at radius 3 is 2.12 bits per heavy atom. The van der Waals surface area contributed by atoms with Crippen LogP contribution in [-0.4, -0.2) is 35.0 Å². The van der Waals surface area contributed by atoms with Crippen molar-refractivity contribution in [2.45, 2.75) is 9.79 Å². The standard InChI is InChI=1S/C23H18ClN3O4S3/c1-27(28)23(32)33-18-10-4-16(5-11-18)22-26-20(14-2-8-17(24)9-3-14)21(31-22)15-6-12-19(13-7-15)34(25,29)30/h2-13,28H,1H3,(H2,25,29,30). The van der Waals surface area contributed by atoms with E-state index in [1.165, 1.54) is 30.9 Å². The SMILES string of the molecule is CN(O)C(=S)Sc1ccc(-c2nc(-c3ccc(Cl)cc3)c(-c3ccc(S(N)(=O)=O)cc3)o2)cc1. The maximum Gasteiger partial charge on any atom is 0.238 e. The smallest absolute Gasteiger partial charge is 0.238 e. The van der Waals surface area contributed by atoms with Gasteiger partial charge in [-0.25, -0.2) is 23.6 Å². The molecule has 0 fully saturated rings. The summed E-state index contributed by atoms with van der Waals surface area (Å²) >= 11 is 12.4. The van der Waals surface area contributed by atoms with Gasteiger partial charge >= 0.3 is 0 Å². The van der Waals surface area contributed by atoms with Gasteiger partial charge in [0.25, 0.3) is 0 Å². The number of oxazole rings is 1. The second kappa shape index (κ2) is 9.87. The molecule has 0 aliphatic heterocycles. The molecule has 0 spiro atoms. The molecular formula is C23H18ClN3O4S3. The van der Waals surface area contributed by atoms with Crippen molar-refractivity contribution in [1.82, 2.24) is 10.0 Å². The van der Waals surface area contributed by atoms with E-state index < -0.39 is 10.0 Å². The number of aromatic nitrogens is 1. The largest absolute Gasteiger partial charge is 0.435 e. The summed E-state index contributed by atoms with van der Waals surface area (Å²) in [7, 11) is -2.35. The molecule has 0 amide bonds. The second-order valence-electron chi connectivity index (χ2n) is 7.19. The summed E-state index contributed by atoms with van der Waals surface area (Å²) in [5, 5.41) is 16.1. The molecule has 3 aromatic carbocycles. The van der Waals surface area contributed by atoms with E-state index in [9.17, 15) is 13.6 Å². The average molecular weight is 532 g/mol. The Bertz CT molecular complexity index is 1430. The van der Waals surface area contributed by atoms with E-state index in [-0.39, 0.29) is 4.90 Å². The first kappa shape index (κ1) is 24.4. The number of hydroxylamine groups is 2. The Hall–Kier alpha value is -2.73. The number of halogens is 1. The molecule has 11 heteroatoms. The third-order valence-corrected chi connectivity index (χ3v) is 7.40. The van der Waals surface area contributed by atoms with Crippen molar-refractivity contribution in [1.29, 1.82) is 0 Å². The summed E-state index contributed by atoms with van der Waals surface area (Å²) in [6.45, 7) is 0. The van der Waals surface area contributed by atoms with Crippen molar-refractivity contribution in [3.8, 4) is 34.0 Å². The first-order chi connectivity index (χ1) is 16.1. The van der Waals surface area contributed by atoms with Gasteiger partial charge in [-0.1, -0.05) is 47.7 Å². The number of hydrogen-bond acceptors (Lipinski definition) is 7. The number of thiocarbonyl (C=S) groups is 1. The van der Waals surface area contributed by atoms with Crippen LogP contribution in [0.3, 0.4) is 0 Å². The molecular weight excluding hydrogens is 514 g/mol. The number of primary sulfonamides is 1. The number of nitrogens with zero attached hydrogens (tertiary/aromatic N) is 2. The molecule has 0 saturated heterocycles. The molecule has 1 aromatic heterocycles. The van der Waals surface area contributed by atoms with Crippen LogP contribution < -0.4 is 5.14 Å². The van der Waals surface area contributed by atoms with Gasteiger partial charge in [-0.15, -0.1) is 0 Å². The maximum absolute atomic E-state index is 11.6. The Kier molecular flexibility index (Phi) is 7.08. The van der Waals surface area contributed by atoms with Gasteiger partial charge in [-0.05, 0) is 60.7 Å². The van der Waals surface area contributed by atoms with Gasteiger partial charge in [0.1, 0.15) is 5.69 Å². The number of hydrogen-bond donors (Lipinski definition) is 2.